The number of aryl methyl sites for hydroxylation is 1. The van der Waals surface area contributed by atoms with E-state index >= 15 is 0 Å². The van der Waals surface area contributed by atoms with E-state index in [2.05, 4.69) is 10.2 Å². The van der Waals surface area contributed by atoms with Crippen LogP contribution in [0.4, 0.5) is 0 Å². The predicted molar refractivity (Wildman–Crippen MR) is 83.1 cm³/mol. The summed E-state index contributed by atoms with van der Waals surface area (Å²) in [6, 6.07) is 3.65. The van der Waals surface area contributed by atoms with Crippen molar-refractivity contribution in [2.75, 3.05) is 19.7 Å². The number of carbonyl (C=O) groups excluding carboxylic acids is 1. The molecule has 0 radical (unpaired) electrons. The van der Waals surface area contributed by atoms with Gasteiger partial charge in [-0.2, -0.15) is 0 Å². The highest BCUT2D eigenvalue weighted by molar-refractivity contribution is 5.78. The van der Waals surface area contributed by atoms with Gasteiger partial charge in [0, 0.05) is 25.9 Å². The minimum atomic E-state index is 0.108. The van der Waals surface area contributed by atoms with Crippen molar-refractivity contribution < 1.29 is 18.4 Å². The second kappa shape index (κ2) is 6.39. The number of carbonyl (C=O) groups is 1. The average molecular weight is 331 g/mol. The molecular formula is C17H21N3O4. The lowest BCUT2D eigenvalue weighted by Crippen LogP contribution is -2.45. The minimum absolute atomic E-state index is 0.108. The number of nitrogens with zero attached hydrogens (tertiary/aromatic N) is 3. The van der Waals surface area contributed by atoms with Crippen molar-refractivity contribution in [2.45, 2.75) is 32.3 Å². The Balaban J connectivity index is 1.34. The molecule has 0 aromatic carbocycles. The minimum Gasteiger partial charge on any atom is -0.469 e. The molecule has 7 heteroatoms. The summed E-state index contributed by atoms with van der Waals surface area (Å²) in [5.74, 6) is 2.89. The fraction of sp³-hybridized carbons (Fsp3) is 0.588. The van der Waals surface area contributed by atoms with Crippen LogP contribution in [0.5, 0.6) is 0 Å². The lowest BCUT2D eigenvalue weighted by Gasteiger charge is -2.35. The van der Waals surface area contributed by atoms with Crippen molar-refractivity contribution >= 4 is 5.91 Å². The van der Waals surface area contributed by atoms with Crippen LogP contribution in [0.25, 0.3) is 0 Å². The average Bonchev–Trinajstić information content (AvgIpc) is 3.30. The Bertz CT molecular complexity index is 697. The van der Waals surface area contributed by atoms with Crippen LogP contribution >= 0.6 is 0 Å². The summed E-state index contributed by atoms with van der Waals surface area (Å²) >= 11 is 0. The first kappa shape index (κ1) is 15.4. The van der Waals surface area contributed by atoms with E-state index in [1.54, 1.807) is 13.2 Å². The molecule has 1 amide bonds. The number of hydrogen-bond acceptors (Lipinski definition) is 6. The zero-order chi connectivity index (χ0) is 16.5. The monoisotopic (exact) mass is 331 g/mol. The van der Waals surface area contributed by atoms with E-state index in [1.807, 2.05) is 17.0 Å². The highest BCUT2D eigenvalue weighted by Crippen LogP contribution is 2.36. The van der Waals surface area contributed by atoms with E-state index in [-0.39, 0.29) is 12.0 Å². The van der Waals surface area contributed by atoms with Gasteiger partial charge in [0.05, 0.1) is 31.8 Å². The van der Waals surface area contributed by atoms with Gasteiger partial charge in [-0.25, -0.2) is 0 Å². The van der Waals surface area contributed by atoms with Crippen molar-refractivity contribution in [1.82, 2.24) is 15.1 Å². The van der Waals surface area contributed by atoms with Crippen LogP contribution in [0.2, 0.25) is 0 Å². The van der Waals surface area contributed by atoms with Crippen molar-refractivity contribution in [3.05, 3.63) is 35.9 Å². The summed E-state index contributed by atoms with van der Waals surface area (Å²) < 4.78 is 16.7. The van der Waals surface area contributed by atoms with Crippen LogP contribution in [0.1, 0.15) is 24.0 Å². The van der Waals surface area contributed by atoms with Crippen LogP contribution < -0.4 is 0 Å². The highest BCUT2D eigenvalue weighted by Gasteiger charge is 2.42. The van der Waals surface area contributed by atoms with Crippen LogP contribution in [0, 0.1) is 18.8 Å². The molecule has 2 saturated heterocycles. The Kier molecular flexibility index (Phi) is 4.10. The summed E-state index contributed by atoms with van der Waals surface area (Å²) in [6.45, 7) is 4.00. The van der Waals surface area contributed by atoms with Crippen molar-refractivity contribution in [2.24, 2.45) is 11.8 Å². The third-order valence-electron chi connectivity index (χ3n) is 5.00. The van der Waals surface area contributed by atoms with E-state index in [0.717, 1.165) is 25.3 Å². The molecule has 2 fully saturated rings. The summed E-state index contributed by atoms with van der Waals surface area (Å²) in [4.78, 5) is 14.4. The summed E-state index contributed by atoms with van der Waals surface area (Å²) in [5, 5.41) is 7.93. The number of rotatable bonds is 4. The van der Waals surface area contributed by atoms with Gasteiger partial charge in [-0.1, -0.05) is 0 Å². The predicted octanol–water partition coefficient (Wildman–Crippen LogP) is 1.62. The molecule has 2 aliphatic rings. The third-order valence-corrected chi connectivity index (χ3v) is 5.00. The number of fused-ring (bicyclic) bond motifs is 1. The highest BCUT2D eigenvalue weighted by atomic mass is 16.5. The van der Waals surface area contributed by atoms with E-state index in [0.29, 0.717) is 43.1 Å². The molecule has 24 heavy (non-hydrogen) atoms. The number of hydrogen-bond donors (Lipinski definition) is 0. The molecular weight excluding hydrogens is 310 g/mol. The van der Waals surface area contributed by atoms with Crippen molar-refractivity contribution in [3.8, 4) is 0 Å². The fourth-order valence-electron chi connectivity index (χ4n) is 3.79. The standard InChI is InChI=1S/C17H21N3O4/c1-11-18-19-16(24-11)8-15-14-4-5-20(9-12(14)10-23-15)17(21)7-13-3-2-6-22-13/h2-3,6,12,14-15H,4-5,7-10H2,1H3/t12-,14-,15+/m1/s1. The molecule has 4 heterocycles. The molecule has 2 aliphatic heterocycles. The summed E-state index contributed by atoms with van der Waals surface area (Å²) in [5.41, 5.74) is 0. The van der Waals surface area contributed by atoms with Crippen molar-refractivity contribution in [3.63, 3.8) is 0 Å². The van der Waals surface area contributed by atoms with E-state index in [4.69, 9.17) is 13.6 Å². The smallest absolute Gasteiger partial charge is 0.230 e. The topological polar surface area (TPSA) is 81.6 Å². The first-order valence-corrected chi connectivity index (χ1v) is 8.40. The van der Waals surface area contributed by atoms with Crippen LogP contribution in [-0.2, 0) is 22.4 Å². The van der Waals surface area contributed by atoms with Gasteiger partial charge in [0.25, 0.3) is 0 Å². The quantitative estimate of drug-likeness (QED) is 0.847. The molecule has 0 N–H and O–H groups in total. The molecule has 7 nitrogen and oxygen atoms in total. The maximum Gasteiger partial charge on any atom is 0.230 e. The van der Waals surface area contributed by atoms with Gasteiger partial charge in [0.2, 0.25) is 17.7 Å². The Morgan fingerprint density at radius 1 is 1.42 bits per heavy atom. The molecule has 3 atom stereocenters. The lowest BCUT2D eigenvalue weighted by atomic mass is 9.83. The molecule has 128 valence electrons. The zero-order valence-corrected chi connectivity index (χ0v) is 13.7. The number of aromatic nitrogens is 2. The Morgan fingerprint density at radius 3 is 3.08 bits per heavy atom. The van der Waals surface area contributed by atoms with Crippen LogP contribution in [-0.4, -0.2) is 46.8 Å². The van der Waals surface area contributed by atoms with Crippen LogP contribution in [0.3, 0.4) is 0 Å². The fourth-order valence-corrected chi connectivity index (χ4v) is 3.79. The number of likely N-dealkylation sites (tertiary alicyclic amines) is 1. The summed E-state index contributed by atoms with van der Waals surface area (Å²) in [6.07, 6.45) is 3.64. The SMILES string of the molecule is Cc1nnc(C[C@@H]2OC[C@H]3CN(C(=O)Cc4ccco4)CC[C@H]32)o1. The number of amides is 1. The maximum atomic E-state index is 12.4. The maximum absolute atomic E-state index is 12.4. The molecule has 0 saturated carbocycles. The molecule has 0 unspecified atom stereocenters. The Labute approximate surface area is 140 Å². The third kappa shape index (κ3) is 3.08. The van der Waals surface area contributed by atoms with E-state index in [9.17, 15) is 4.79 Å². The summed E-state index contributed by atoms with van der Waals surface area (Å²) in [7, 11) is 0. The normalized spacial score (nSPS) is 26.5. The molecule has 0 bridgehead atoms. The van der Waals surface area contributed by atoms with Gasteiger partial charge in [0.15, 0.2) is 0 Å². The zero-order valence-electron chi connectivity index (χ0n) is 13.7. The molecule has 0 aliphatic carbocycles. The van der Waals surface area contributed by atoms with Gasteiger partial charge in [-0.3, -0.25) is 4.79 Å². The largest absolute Gasteiger partial charge is 0.469 e. The van der Waals surface area contributed by atoms with Gasteiger partial charge in [-0.15, -0.1) is 10.2 Å². The lowest BCUT2D eigenvalue weighted by molar-refractivity contribution is -0.133. The Morgan fingerprint density at radius 2 is 2.33 bits per heavy atom. The molecule has 4 rings (SSSR count). The van der Waals surface area contributed by atoms with Gasteiger partial charge in [-0.05, 0) is 24.5 Å². The second-order valence-corrected chi connectivity index (χ2v) is 6.60. The Hall–Kier alpha value is -2.15. The number of furan rings is 1. The van der Waals surface area contributed by atoms with Crippen molar-refractivity contribution in [1.29, 1.82) is 0 Å². The van der Waals surface area contributed by atoms with Crippen LogP contribution in [0.15, 0.2) is 27.2 Å². The van der Waals surface area contributed by atoms with Gasteiger partial charge < -0.3 is 18.5 Å². The number of piperidine rings is 1. The second-order valence-electron chi connectivity index (χ2n) is 6.60. The van der Waals surface area contributed by atoms with Gasteiger partial charge in [0.1, 0.15) is 5.76 Å². The van der Waals surface area contributed by atoms with E-state index in [1.165, 1.54) is 0 Å². The van der Waals surface area contributed by atoms with E-state index < -0.39 is 0 Å². The first-order chi connectivity index (χ1) is 11.7. The first-order valence-electron chi connectivity index (χ1n) is 8.40. The molecule has 0 spiro atoms. The molecule has 2 aromatic rings. The number of ether oxygens (including phenoxy) is 1. The molecule has 2 aromatic heterocycles. The van der Waals surface area contributed by atoms with Gasteiger partial charge >= 0.3 is 0 Å².